The molecule has 0 bridgehead atoms. The highest BCUT2D eigenvalue weighted by atomic mass is 16.5. The maximum atomic E-state index is 5.29. The molecule has 1 aliphatic rings. The molecule has 106 valence electrons. The minimum absolute atomic E-state index is 0.344. The molecular weight excluding hydrogens is 254 g/mol. The highest BCUT2D eigenvalue weighted by Gasteiger charge is 2.20. The summed E-state index contributed by atoms with van der Waals surface area (Å²) in [5, 5.41) is 7.31. The third kappa shape index (κ3) is 2.67. The zero-order valence-corrected chi connectivity index (χ0v) is 11.8. The molecule has 1 heterocycles. The molecule has 0 amide bonds. The van der Waals surface area contributed by atoms with E-state index in [4.69, 9.17) is 9.26 Å². The van der Waals surface area contributed by atoms with Crippen molar-refractivity contribution >= 4 is 0 Å². The maximum absolute atomic E-state index is 5.29. The first-order chi connectivity index (χ1) is 9.76. The van der Waals surface area contributed by atoms with E-state index in [9.17, 15) is 0 Å². The second-order valence-corrected chi connectivity index (χ2v) is 5.13. The zero-order chi connectivity index (χ0) is 13.9. The number of aromatic nitrogens is 2. The second kappa shape index (κ2) is 5.63. The number of rotatable bonds is 4. The molecular formula is C15H19N3O2. The van der Waals surface area contributed by atoms with Gasteiger partial charge in [-0.05, 0) is 49.4 Å². The molecule has 0 saturated heterocycles. The molecule has 1 aromatic carbocycles. The van der Waals surface area contributed by atoms with Crippen molar-refractivity contribution < 1.29 is 9.26 Å². The summed E-state index contributed by atoms with van der Waals surface area (Å²) in [6.45, 7) is 2.44. The average molecular weight is 273 g/mol. The third-order valence-corrected chi connectivity index (χ3v) is 3.73. The van der Waals surface area contributed by atoms with Gasteiger partial charge in [-0.1, -0.05) is 11.2 Å². The number of hydrogen-bond acceptors (Lipinski definition) is 5. The largest absolute Gasteiger partial charge is 0.497 e. The molecule has 1 aromatic heterocycles. The van der Waals surface area contributed by atoms with Crippen LogP contribution in [0, 0.1) is 6.92 Å². The van der Waals surface area contributed by atoms with Crippen molar-refractivity contribution in [3.05, 3.63) is 41.0 Å². The highest BCUT2D eigenvalue weighted by Crippen LogP contribution is 2.32. The first-order valence-electron chi connectivity index (χ1n) is 6.95. The van der Waals surface area contributed by atoms with E-state index in [-0.39, 0.29) is 0 Å². The Morgan fingerprint density at radius 2 is 2.35 bits per heavy atom. The summed E-state index contributed by atoms with van der Waals surface area (Å²) in [5.74, 6) is 2.25. The molecule has 1 aliphatic carbocycles. The van der Waals surface area contributed by atoms with E-state index >= 15 is 0 Å². The maximum Gasteiger partial charge on any atom is 0.240 e. The Hall–Kier alpha value is -1.88. The summed E-state index contributed by atoms with van der Waals surface area (Å²) < 4.78 is 10.4. The van der Waals surface area contributed by atoms with Gasteiger partial charge in [0, 0.05) is 6.04 Å². The van der Waals surface area contributed by atoms with Crippen molar-refractivity contribution in [1.82, 2.24) is 15.5 Å². The van der Waals surface area contributed by atoms with Crippen LogP contribution in [0.5, 0.6) is 5.75 Å². The summed E-state index contributed by atoms with van der Waals surface area (Å²) in [5.41, 5.74) is 2.73. The van der Waals surface area contributed by atoms with Gasteiger partial charge in [-0.15, -0.1) is 0 Å². The van der Waals surface area contributed by atoms with E-state index in [0.29, 0.717) is 24.3 Å². The van der Waals surface area contributed by atoms with Crippen LogP contribution in [0.2, 0.25) is 0 Å². The molecule has 5 heteroatoms. The van der Waals surface area contributed by atoms with Crippen LogP contribution >= 0.6 is 0 Å². The molecule has 1 N–H and O–H groups in total. The first kappa shape index (κ1) is 13.1. The summed E-state index contributed by atoms with van der Waals surface area (Å²) in [4.78, 5) is 4.22. The molecule has 5 nitrogen and oxygen atoms in total. The molecule has 0 aliphatic heterocycles. The van der Waals surface area contributed by atoms with Crippen molar-refractivity contribution in [3.63, 3.8) is 0 Å². The number of benzene rings is 1. The van der Waals surface area contributed by atoms with Crippen LogP contribution in [0.3, 0.4) is 0 Å². The van der Waals surface area contributed by atoms with Crippen LogP contribution in [0.1, 0.15) is 41.7 Å². The molecule has 0 radical (unpaired) electrons. The number of hydrogen-bond donors (Lipinski definition) is 1. The van der Waals surface area contributed by atoms with Crippen LogP contribution in [0.15, 0.2) is 22.7 Å². The third-order valence-electron chi connectivity index (χ3n) is 3.73. The number of nitrogens with zero attached hydrogens (tertiary/aromatic N) is 2. The average Bonchev–Trinajstić information content (AvgIpc) is 2.90. The number of aryl methyl sites for hydroxylation is 2. The zero-order valence-electron chi connectivity index (χ0n) is 11.8. The fraction of sp³-hybridized carbons (Fsp3) is 0.467. The van der Waals surface area contributed by atoms with Crippen LogP contribution in [0.4, 0.5) is 0 Å². The SMILES string of the molecule is COc1ccc2c(c1)CCCC2NCc1nc(C)no1. The van der Waals surface area contributed by atoms with Crippen molar-refractivity contribution in [2.75, 3.05) is 7.11 Å². The standard InChI is InChI=1S/C15H19N3O2/c1-10-17-15(20-18-10)9-16-14-5-3-4-11-8-12(19-2)6-7-13(11)14/h6-8,14,16H,3-5,9H2,1-2H3. The number of ether oxygens (including phenoxy) is 1. The minimum Gasteiger partial charge on any atom is -0.497 e. The van der Waals surface area contributed by atoms with Crippen LogP contribution in [-0.2, 0) is 13.0 Å². The van der Waals surface area contributed by atoms with Crippen molar-refractivity contribution in [2.45, 2.75) is 38.8 Å². The van der Waals surface area contributed by atoms with E-state index < -0.39 is 0 Å². The Kier molecular flexibility index (Phi) is 3.69. The van der Waals surface area contributed by atoms with Crippen LogP contribution in [0.25, 0.3) is 0 Å². The van der Waals surface area contributed by atoms with Crippen molar-refractivity contribution in [2.24, 2.45) is 0 Å². The van der Waals surface area contributed by atoms with Crippen LogP contribution in [-0.4, -0.2) is 17.3 Å². The van der Waals surface area contributed by atoms with Gasteiger partial charge in [-0.2, -0.15) is 4.98 Å². The Morgan fingerprint density at radius 3 is 3.10 bits per heavy atom. The highest BCUT2D eigenvalue weighted by molar-refractivity contribution is 5.39. The first-order valence-corrected chi connectivity index (χ1v) is 6.95. The molecule has 2 aromatic rings. The van der Waals surface area contributed by atoms with Crippen LogP contribution < -0.4 is 10.1 Å². The van der Waals surface area contributed by atoms with Gasteiger partial charge >= 0.3 is 0 Å². The van der Waals surface area contributed by atoms with Crippen molar-refractivity contribution in [3.8, 4) is 5.75 Å². The normalized spacial score (nSPS) is 17.8. The number of methoxy groups -OCH3 is 1. The molecule has 0 fully saturated rings. The summed E-state index contributed by atoms with van der Waals surface area (Å²) >= 11 is 0. The molecule has 0 spiro atoms. The number of fused-ring (bicyclic) bond motifs is 1. The predicted octanol–water partition coefficient (Wildman–Crippen LogP) is 2.55. The lowest BCUT2D eigenvalue weighted by Gasteiger charge is -2.26. The monoisotopic (exact) mass is 273 g/mol. The topological polar surface area (TPSA) is 60.2 Å². The van der Waals surface area contributed by atoms with E-state index in [1.54, 1.807) is 7.11 Å². The number of nitrogens with one attached hydrogen (secondary N) is 1. The summed E-state index contributed by atoms with van der Waals surface area (Å²) in [6, 6.07) is 6.66. The lowest BCUT2D eigenvalue weighted by Crippen LogP contribution is -2.25. The Labute approximate surface area is 118 Å². The van der Waals surface area contributed by atoms with E-state index in [0.717, 1.165) is 18.6 Å². The minimum atomic E-state index is 0.344. The molecule has 1 unspecified atom stereocenters. The quantitative estimate of drug-likeness (QED) is 0.927. The van der Waals surface area contributed by atoms with Gasteiger partial charge in [0.05, 0.1) is 13.7 Å². The van der Waals surface area contributed by atoms with Gasteiger partial charge in [0.15, 0.2) is 5.82 Å². The van der Waals surface area contributed by atoms with Crippen molar-refractivity contribution in [1.29, 1.82) is 0 Å². The van der Waals surface area contributed by atoms with E-state index in [1.807, 2.05) is 13.0 Å². The fourth-order valence-electron chi connectivity index (χ4n) is 2.75. The van der Waals surface area contributed by atoms with E-state index in [2.05, 4.69) is 27.6 Å². The Balaban J connectivity index is 1.73. The van der Waals surface area contributed by atoms with Gasteiger partial charge in [0.1, 0.15) is 5.75 Å². The Bertz CT molecular complexity index is 595. The predicted molar refractivity (Wildman–Crippen MR) is 74.5 cm³/mol. The lowest BCUT2D eigenvalue weighted by molar-refractivity contribution is 0.347. The van der Waals surface area contributed by atoms with Gasteiger partial charge in [0.2, 0.25) is 5.89 Å². The summed E-state index contributed by atoms with van der Waals surface area (Å²) in [7, 11) is 1.71. The molecule has 20 heavy (non-hydrogen) atoms. The smallest absolute Gasteiger partial charge is 0.240 e. The molecule has 0 saturated carbocycles. The fourth-order valence-corrected chi connectivity index (χ4v) is 2.75. The second-order valence-electron chi connectivity index (χ2n) is 5.13. The molecule has 1 atom stereocenters. The van der Waals surface area contributed by atoms with Gasteiger partial charge < -0.3 is 14.6 Å². The molecule has 3 rings (SSSR count). The Morgan fingerprint density at radius 1 is 1.45 bits per heavy atom. The van der Waals surface area contributed by atoms with Gasteiger partial charge in [-0.25, -0.2) is 0 Å². The summed E-state index contributed by atoms with van der Waals surface area (Å²) in [6.07, 6.45) is 3.43. The van der Waals surface area contributed by atoms with Gasteiger partial charge in [0.25, 0.3) is 0 Å². The van der Waals surface area contributed by atoms with Gasteiger partial charge in [-0.3, -0.25) is 0 Å². The lowest BCUT2D eigenvalue weighted by atomic mass is 9.87. The van der Waals surface area contributed by atoms with E-state index in [1.165, 1.54) is 17.5 Å².